The Bertz CT molecular complexity index is 461. The number of hydrogen-bond acceptors (Lipinski definition) is 3. The van der Waals surface area contributed by atoms with Gasteiger partial charge in [-0.15, -0.1) is 24.0 Å². The second kappa shape index (κ2) is 10.2. The molecule has 0 unspecified atom stereocenters. The van der Waals surface area contributed by atoms with E-state index in [1.54, 1.807) is 12.3 Å². The van der Waals surface area contributed by atoms with E-state index in [4.69, 9.17) is 16.3 Å². The number of halogens is 2. The van der Waals surface area contributed by atoms with Gasteiger partial charge in [-0.05, 0) is 31.4 Å². The fourth-order valence-corrected chi connectivity index (χ4v) is 2.61. The minimum absolute atomic E-state index is 0. The van der Waals surface area contributed by atoms with Gasteiger partial charge in [0.15, 0.2) is 5.96 Å². The Morgan fingerprint density at radius 1 is 1.45 bits per heavy atom. The molecule has 0 bridgehead atoms. The molecule has 1 aromatic rings. The molecule has 1 saturated heterocycles. The van der Waals surface area contributed by atoms with Gasteiger partial charge in [0.25, 0.3) is 0 Å². The second-order valence-electron chi connectivity index (χ2n) is 5.03. The van der Waals surface area contributed by atoms with Crippen molar-refractivity contribution < 1.29 is 4.74 Å². The van der Waals surface area contributed by atoms with E-state index < -0.39 is 0 Å². The standard InChI is InChI=1S/C15H23ClN4O.HI/c1-3-21-13-6-8-20(9-7-13)15(17-2)19-11-12-4-5-14(16)18-10-12;/h4-5,10,13H,3,6-9,11H2,1-2H3,(H,17,19);1H. The largest absolute Gasteiger partial charge is 0.378 e. The predicted molar refractivity (Wildman–Crippen MR) is 101 cm³/mol. The molecule has 0 atom stereocenters. The zero-order valence-electron chi connectivity index (χ0n) is 13.1. The highest BCUT2D eigenvalue weighted by molar-refractivity contribution is 14.0. The molecular formula is C15H24ClIN4O. The van der Waals surface area contributed by atoms with Gasteiger partial charge < -0.3 is 15.0 Å². The van der Waals surface area contributed by atoms with Crippen LogP contribution >= 0.6 is 35.6 Å². The fourth-order valence-electron chi connectivity index (χ4n) is 2.49. The molecule has 1 aromatic heterocycles. The van der Waals surface area contributed by atoms with Gasteiger partial charge in [-0.25, -0.2) is 4.98 Å². The summed E-state index contributed by atoms with van der Waals surface area (Å²) >= 11 is 5.79. The molecule has 1 aliphatic rings. The number of pyridine rings is 1. The summed E-state index contributed by atoms with van der Waals surface area (Å²) in [4.78, 5) is 10.7. The molecule has 0 radical (unpaired) electrons. The molecule has 1 N–H and O–H groups in total. The molecular weight excluding hydrogens is 415 g/mol. The van der Waals surface area contributed by atoms with Crippen LogP contribution in [0.3, 0.4) is 0 Å². The van der Waals surface area contributed by atoms with Crippen LogP contribution < -0.4 is 5.32 Å². The van der Waals surface area contributed by atoms with Crippen LogP contribution in [0.4, 0.5) is 0 Å². The van der Waals surface area contributed by atoms with E-state index in [1.807, 2.05) is 20.0 Å². The average Bonchev–Trinajstić information content (AvgIpc) is 2.51. The minimum atomic E-state index is 0. The summed E-state index contributed by atoms with van der Waals surface area (Å²) in [5.74, 6) is 0.930. The first kappa shape index (κ1) is 19.4. The summed E-state index contributed by atoms with van der Waals surface area (Å²) in [5.41, 5.74) is 1.09. The van der Waals surface area contributed by atoms with Crippen molar-refractivity contribution in [1.82, 2.24) is 15.2 Å². The van der Waals surface area contributed by atoms with E-state index in [9.17, 15) is 0 Å². The number of guanidine groups is 1. The van der Waals surface area contributed by atoms with Crippen molar-refractivity contribution in [1.29, 1.82) is 0 Å². The normalized spacial score (nSPS) is 16.3. The SMILES string of the molecule is CCOC1CCN(C(=NC)NCc2ccc(Cl)nc2)CC1.I. The third-order valence-electron chi connectivity index (χ3n) is 3.59. The number of aliphatic imine (C=N–C) groups is 1. The Labute approximate surface area is 154 Å². The van der Waals surface area contributed by atoms with Crippen LogP contribution in [0.15, 0.2) is 23.3 Å². The number of aromatic nitrogens is 1. The zero-order chi connectivity index (χ0) is 15.1. The van der Waals surface area contributed by atoms with E-state index in [-0.39, 0.29) is 24.0 Å². The molecule has 0 amide bonds. The Kier molecular flexibility index (Phi) is 9.04. The van der Waals surface area contributed by atoms with Crippen molar-refractivity contribution in [2.75, 3.05) is 26.7 Å². The number of rotatable bonds is 4. The molecule has 124 valence electrons. The summed E-state index contributed by atoms with van der Waals surface area (Å²) in [5, 5.41) is 3.89. The van der Waals surface area contributed by atoms with Gasteiger partial charge in [0.05, 0.1) is 6.10 Å². The molecule has 0 aromatic carbocycles. The molecule has 0 saturated carbocycles. The maximum Gasteiger partial charge on any atom is 0.193 e. The molecule has 0 spiro atoms. The molecule has 2 heterocycles. The van der Waals surface area contributed by atoms with Crippen molar-refractivity contribution in [3.8, 4) is 0 Å². The molecule has 7 heteroatoms. The van der Waals surface area contributed by atoms with E-state index >= 15 is 0 Å². The lowest BCUT2D eigenvalue weighted by Crippen LogP contribution is -2.46. The van der Waals surface area contributed by atoms with Crippen LogP contribution in [-0.4, -0.2) is 48.7 Å². The first-order chi connectivity index (χ1) is 10.2. The third kappa shape index (κ3) is 5.89. The number of nitrogens with zero attached hydrogens (tertiary/aromatic N) is 3. The maximum atomic E-state index is 5.79. The van der Waals surface area contributed by atoms with Crippen molar-refractivity contribution in [3.63, 3.8) is 0 Å². The summed E-state index contributed by atoms with van der Waals surface area (Å²) in [6.45, 7) is 5.49. The van der Waals surface area contributed by atoms with Crippen molar-refractivity contribution in [2.24, 2.45) is 4.99 Å². The van der Waals surface area contributed by atoms with Crippen molar-refractivity contribution in [3.05, 3.63) is 29.0 Å². The third-order valence-corrected chi connectivity index (χ3v) is 3.82. The lowest BCUT2D eigenvalue weighted by atomic mass is 10.1. The van der Waals surface area contributed by atoms with Gasteiger partial charge in [-0.2, -0.15) is 0 Å². The van der Waals surface area contributed by atoms with Crippen LogP contribution in [0, 0.1) is 0 Å². The minimum Gasteiger partial charge on any atom is -0.378 e. The van der Waals surface area contributed by atoms with E-state index in [2.05, 4.69) is 20.2 Å². The Morgan fingerprint density at radius 2 is 2.18 bits per heavy atom. The molecule has 1 aliphatic heterocycles. The Balaban J connectivity index is 0.00000242. The smallest absolute Gasteiger partial charge is 0.193 e. The van der Waals surface area contributed by atoms with E-state index in [1.165, 1.54) is 0 Å². The number of hydrogen-bond donors (Lipinski definition) is 1. The average molecular weight is 439 g/mol. The summed E-state index contributed by atoms with van der Waals surface area (Å²) in [6, 6.07) is 3.77. The van der Waals surface area contributed by atoms with Gasteiger partial charge in [0, 0.05) is 39.5 Å². The van der Waals surface area contributed by atoms with E-state index in [0.717, 1.165) is 44.1 Å². The first-order valence-electron chi connectivity index (χ1n) is 7.40. The van der Waals surface area contributed by atoms with Crippen LogP contribution in [0.25, 0.3) is 0 Å². The summed E-state index contributed by atoms with van der Waals surface area (Å²) in [7, 11) is 1.82. The van der Waals surface area contributed by atoms with Gasteiger partial charge in [0.2, 0.25) is 0 Å². The Morgan fingerprint density at radius 3 is 2.73 bits per heavy atom. The van der Waals surface area contributed by atoms with Gasteiger partial charge in [0.1, 0.15) is 5.15 Å². The molecule has 1 fully saturated rings. The lowest BCUT2D eigenvalue weighted by Gasteiger charge is -2.34. The summed E-state index contributed by atoms with van der Waals surface area (Å²) in [6.07, 6.45) is 4.28. The highest BCUT2D eigenvalue weighted by Crippen LogP contribution is 2.14. The van der Waals surface area contributed by atoms with Crippen molar-refractivity contribution >= 4 is 41.5 Å². The lowest BCUT2D eigenvalue weighted by molar-refractivity contribution is 0.0263. The van der Waals surface area contributed by atoms with Crippen LogP contribution in [-0.2, 0) is 11.3 Å². The fraction of sp³-hybridized carbons (Fsp3) is 0.600. The highest BCUT2D eigenvalue weighted by Gasteiger charge is 2.21. The van der Waals surface area contributed by atoms with Gasteiger partial charge >= 0.3 is 0 Å². The maximum absolute atomic E-state index is 5.79. The van der Waals surface area contributed by atoms with E-state index in [0.29, 0.717) is 17.8 Å². The van der Waals surface area contributed by atoms with Crippen LogP contribution in [0.5, 0.6) is 0 Å². The van der Waals surface area contributed by atoms with Gasteiger partial charge in [-0.1, -0.05) is 17.7 Å². The molecule has 2 rings (SSSR count). The zero-order valence-corrected chi connectivity index (χ0v) is 16.2. The topological polar surface area (TPSA) is 49.8 Å². The number of piperidine rings is 1. The second-order valence-corrected chi connectivity index (χ2v) is 5.42. The van der Waals surface area contributed by atoms with Crippen LogP contribution in [0.2, 0.25) is 5.15 Å². The first-order valence-corrected chi connectivity index (χ1v) is 7.78. The predicted octanol–water partition coefficient (Wildman–Crippen LogP) is 2.93. The quantitative estimate of drug-likeness (QED) is 0.340. The van der Waals surface area contributed by atoms with Crippen LogP contribution in [0.1, 0.15) is 25.3 Å². The molecule has 0 aliphatic carbocycles. The van der Waals surface area contributed by atoms with Crippen molar-refractivity contribution in [2.45, 2.75) is 32.4 Å². The molecule has 22 heavy (non-hydrogen) atoms. The highest BCUT2D eigenvalue weighted by atomic mass is 127. The number of likely N-dealkylation sites (tertiary alicyclic amines) is 1. The monoisotopic (exact) mass is 438 g/mol. The van der Waals surface area contributed by atoms with Gasteiger partial charge in [-0.3, -0.25) is 4.99 Å². The number of ether oxygens (including phenoxy) is 1. The Hall–Kier alpha value is -0.600. The number of nitrogens with one attached hydrogen (secondary N) is 1. The summed E-state index contributed by atoms with van der Waals surface area (Å²) < 4.78 is 5.68. The molecule has 5 nitrogen and oxygen atoms in total.